The molecule has 1 saturated heterocycles. The summed E-state index contributed by atoms with van der Waals surface area (Å²) < 4.78 is 2.18. The molecule has 0 radical (unpaired) electrons. The number of pyridine rings is 2. The Morgan fingerprint density at radius 1 is 1.13 bits per heavy atom. The third-order valence-corrected chi connectivity index (χ3v) is 6.11. The van der Waals surface area contributed by atoms with E-state index in [4.69, 9.17) is 0 Å². The Morgan fingerprint density at radius 2 is 2.00 bits per heavy atom. The van der Waals surface area contributed by atoms with E-state index in [-0.39, 0.29) is 11.4 Å². The van der Waals surface area contributed by atoms with Crippen LogP contribution in [0.2, 0.25) is 0 Å². The van der Waals surface area contributed by atoms with Gasteiger partial charge in [-0.25, -0.2) is 4.98 Å². The molecule has 1 unspecified atom stereocenters. The first-order valence-electron chi connectivity index (χ1n) is 10.3. The lowest BCUT2D eigenvalue weighted by Crippen LogP contribution is -2.53. The highest BCUT2D eigenvalue weighted by atomic mass is 16.2. The van der Waals surface area contributed by atoms with Gasteiger partial charge in [0.1, 0.15) is 5.54 Å². The Labute approximate surface area is 176 Å². The van der Waals surface area contributed by atoms with Gasteiger partial charge in [-0.3, -0.25) is 9.78 Å². The maximum atomic E-state index is 13.1. The van der Waals surface area contributed by atoms with Crippen LogP contribution in [0.5, 0.6) is 0 Å². The standard InChI is InChI=1S/C24H25N5O/c1-18(2)16-29-20-8-5-12-26-23(20)28-13-6-9-21(28)24(29)10-14-27(17-24)22(30)15-19-7-3-4-11-25-19/h3-9,11-13H,1,10,14-17H2,2H3. The zero-order valence-electron chi connectivity index (χ0n) is 17.2. The Hall–Kier alpha value is -3.41. The number of anilines is 1. The molecule has 5 rings (SSSR count). The largest absolute Gasteiger partial charge is 0.351 e. The van der Waals surface area contributed by atoms with Gasteiger partial charge in [-0.2, -0.15) is 0 Å². The number of likely N-dealkylation sites (tertiary alicyclic amines) is 1. The first-order chi connectivity index (χ1) is 14.6. The molecule has 0 aromatic carbocycles. The number of fused-ring (bicyclic) bond motifs is 4. The second kappa shape index (κ2) is 7.13. The van der Waals surface area contributed by atoms with Crippen molar-refractivity contribution < 1.29 is 4.79 Å². The fourth-order valence-corrected chi connectivity index (χ4v) is 4.81. The molecule has 6 nitrogen and oxygen atoms in total. The Bertz CT molecular complexity index is 1110. The summed E-state index contributed by atoms with van der Waals surface area (Å²) in [5.41, 5.74) is 3.87. The molecular formula is C24H25N5O. The second-order valence-corrected chi connectivity index (χ2v) is 8.25. The minimum atomic E-state index is -0.293. The van der Waals surface area contributed by atoms with Crippen molar-refractivity contribution in [3.63, 3.8) is 0 Å². The van der Waals surface area contributed by atoms with Gasteiger partial charge in [0.05, 0.1) is 17.8 Å². The molecule has 0 N–H and O–H groups in total. The number of amides is 1. The quantitative estimate of drug-likeness (QED) is 0.632. The fourth-order valence-electron chi connectivity index (χ4n) is 4.81. The average molecular weight is 399 g/mol. The van der Waals surface area contributed by atoms with E-state index in [1.54, 1.807) is 6.20 Å². The third kappa shape index (κ3) is 2.91. The van der Waals surface area contributed by atoms with E-state index in [1.807, 2.05) is 35.4 Å². The first kappa shape index (κ1) is 18.6. The van der Waals surface area contributed by atoms with Gasteiger partial charge >= 0.3 is 0 Å². The molecule has 1 amide bonds. The van der Waals surface area contributed by atoms with Gasteiger partial charge in [0, 0.05) is 43.9 Å². The smallest absolute Gasteiger partial charge is 0.228 e. The maximum Gasteiger partial charge on any atom is 0.228 e. The number of aromatic nitrogens is 3. The van der Waals surface area contributed by atoms with Gasteiger partial charge in [0.25, 0.3) is 0 Å². The number of carbonyl (C=O) groups is 1. The third-order valence-electron chi connectivity index (χ3n) is 6.11. The number of hydrogen-bond donors (Lipinski definition) is 0. The Kier molecular flexibility index (Phi) is 4.42. The van der Waals surface area contributed by atoms with E-state index in [0.29, 0.717) is 13.0 Å². The summed E-state index contributed by atoms with van der Waals surface area (Å²) in [5.74, 6) is 1.05. The van der Waals surface area contributed by atoms with E-state index < -0.39 is 0 Å². The van der Waals surface area contributed by atoms with Crippen LogP contribution in [-0.2, 0) is 16.8 Å². The Morgan fingerprint density at radius 3 is 2.80 bits per heavy atom. The summed E-state index contributed by atoms with van der Waals surface area (Å²) in [6.07, 6.45) is 6.83. The Balaban J connectivity index is 1.52. The highest BCUT2D eigenvalue weighted by molar-refractivity contribution is 5.79. The molecule has 5 heterocycles. The zero-order valence-corrected chi connectivity index (χ0v) is 17.2. The summed E-state index contributed by atoms with van der Waals surface area (Å²) in [7, 11) is 0. The van der Waals surface area contributed by atoms with Crippen LogP contribution >= 0.6 is 0 Å². The van der Waals surface area contributed by atoms with E-state index in [0.717, 1.165) is 42.3 Å². The van der Waals surface area contributed by atoms with Crippen LogP contribution in [0.15, 0.2) is 73.2 Å². The highest BCUT2D eigenvalue weighted by Crippen LogP contribution is 2.47. The van der Waals surface area contributed by atoms with Crippen molar-refractivity contribution in [1.82, 2.24) is 19.4 Å². The molecule has 6 heteroatoms. The minimum absolute atomic E-state index is 0.121. The van der Waals surface area contributed by atoms with Crippen LogP contribution in [0, 0.1) is 0 Å². The molecule has 1 atom stereocenters. The summed E-state index contributed by atoms with van der Waals surface area (Å²) in [6, 6.07) is 14.0. The minimum Gasteiger partial charge on any atom is -0.351 e. The molecular weight excluding hydrogens is 374 g/mol. The molecule has 1 fully saturated rings. The predicted molar refractivity (Wildman–Crippen MR) is 117 cm³/mol. The van der Waals surface area contributed by atoms with E-state index >= 15 is 0 Å². The molecule has 152 valence electrons. The van der Waals surface area contributed by atoms with Gasteiger partial charge in [-0.15, -0.1) is 0 Å². The van der Waals surface area contributed by atoms with Crippen molar-refractivity contribution in [1.29, 1.82) is 0 Å². The molecule has 0 saturated carbocycles. The fraction of sp³-hybridized carbons (Fsp3) is 0.292. The van der Waals surface area contributed by atoms with Crippen LogP contribution < -0.4 is 4.90 Å². The van der Waals surface area contributed by atoms with Crippen molar-refractivity contribution in [3.8, 4) is 5.82 Å². The van der Waals surface area contributed by atoms with Crippen molar-refractivity contribution in [2.75, 3.05) is 24.5 Å². The zero-order chi connectivity index (χ0) is 20.7. The summed E-state index contributed by atoms with van der Waals surface area (Å²) >= 11 is 0. The lowest BCUT2D eigenvalue weighted by Gasteiger charge is -2.47. The molecule has 2 aliphatic heterocycles. The molecule has 2 aliphatic rings. The van der Waals surface area contributed by atoms with E-state index in [2.05, 4.69) is 57.3 Å². The summed E-state index contributed by atoms with van der Waals surface area (Å²) in [4.78, 5) is 26.5. The molecule has 1 spiro atoms. The molecule has 0 bridgehead atoms. The van der Waals surface area contributed by atoms with E-state index in [9.17, 15) is 4.79 Å². The molecule has 3 aromatic heterocycles. The SMILES string of the molecule is C=C(C)CN1c2cccnc2-n2cccc2C12CCN(C(=O)Cc1ccccn1)C2. The van der Waals surface area contributed by atoms with Crippen molar-refractivity contribution in [2.24, 2.45) is 0 Å². The second-order valence-electron chi connectivity index (χ2n) is 8.25. The van der Waals surface area contributed by atoms with E-state index in [1.165, 1.54) is 5.69 Å². The van der Waals surface area contributed by atoms with Crippen molar-refractivity contribution in [3.05, 3.63) is 84.6 Å². The molecule has 0 aliphatic carbocycles. The van der Waals surface area contributed by atoms with Gasteiger partial charge < -0.3 is 14.4 Å². The maximum absolute atomic E-state index is 13.1. The predicted octanol–water partition coefficient (Wildman–Crippen LogP) is 3.33. The number of nitrogens with zero attached hydrogens (tertiary/aromatic N) is 5. The van der Waals surface area contributed by atoms with Crippen LogP contribution in [-0.4, -0.2) is 45.0 Å². The number of carbonyl (C=O) groups excluding carboxylic acids is 1. The molecule has 3 aromatic rings. The van der Waals surface area contributed by atoms with Crippen molar-refractivity contribution in [2.45, 2.75) is 25.3 Å². The first-order valence-corrected chi connectivity index (χ1v) is 10.3. The van der Waals surface area contributed by atoms with Crippen LogP contribution in [0.4, 0.5) is 5.69 Å². The summed E-state index contributed by atoms with van der Waals surface area (Å²) in [5, 5.41) is 0. The van der Waals surface area contributed by atoms with Gasteiger partial charge in [-0.05, 0) is 49.7 Å². The number of rotatable bonds is 4. The summed E-state index contributed by atoms with van der Waals surface area (Å²) in [6.45, 7) is 8.32. The topological polar surface area (TPSA) is 54.3 Å². The van der Waals surface area contributed by atoms with Gasteiger partial charge in [-0.1, -0.05) is 18.2 Å². The van der Waals surface area contributed by atoms with Crippen LogP contribution in [0.3, 0.4) is 0 Å². The van der Waals surface area contributed by atoms with Crippen molar-refractivity contribution >= 4 is 11.6 Å². The lowest BCUT2D eigenvalue weighted by atomic mass is 9.88. The lowest BCUT2D eigenvalue weighted by molar-refractivity contribution is -0.129. The average Bonchev–Trinajstić information content (AvgIpc) is 3.41. The highest BCUT2D eigenvalue weighted by Gasteiger charge is 2.50. The van der Waals surface area contributed by atoms with Crippen LogP contribution in [0.1, 0.15) is 24.7 Å². The molecule has 30 heavy (non-hydrogen) atoms. The monoisotopic (exact) mass is 399 g/mol. The number of hydrogen-bond acceptors (Lipinski definition) is 4. The van der Waals surface area contributed by atoms with Gasteiger partial charge in [0.15, 0.2) is 5.82 Å². The van der Waals surface area contributed by atoms with Gasteiger partial charge in [0.2, 0.25) is 5.91 Å². The normalized spacial score (nSPS) is 19.6. The van der Waals surface area contributed by atoms with Crippen LogP contribution in [0.25, 0.3) is 5.82 Å².